The number of ether oxygens (including phenoxy) is 1. The molecule has 1 aliphatic rings. The van der Waals surface area contributed by atoms with Crippen LogP contribution in [0, 0.1) is 5.92 Å². The average molecular weight is 226 g/mol. The minimum atomic E-state index is -0.0259. The summed E-state index contributed by atoms with van der Waals surface area (Å²) >= 11 is 0. The number of rotatable bonds is 2. The molecule has 0 heterocycles. The van der Waals surface area contributed by atoms with Crippen LogP contribution >= 0.6 is 0 Å². The largest absolute Gasteiger partial charge is 0.462 e. The second kappa shape index (κ2) is 7.70. The summed E-state index contributed by atoms with van der Waals surface area (Å²) in [6, 6.07) is 0. The minimum Gasteiger partial charge on any atom is -0.462 e. The van der Waals surface area contributed by atoms with E-state index in [1.165, 1.54) is 44.9 Å². The summed E-state index contributed by atoms with van der Waals surface area (Å²) < 4.78 is 5.55. The molecule has 0 radical (unpaired) electrons. The lowest BCUT2D eigenvalue weighted by atomic mass is 9.99. The van der Waals surface area contributed by atoms with E-state index in [1.54, 1.807) is 0 Å². The number of carbonyl (C=O) groups excluding carboxylic acids is 1. The summed E-state index contributed by atoms with van der Waals surface area (Å²) in [5.41, 5.74) is 0. The maximum absolute atomic E-state index is 11.5. The van der Waals surface area contributed by atoms with E-state index in [-0.39, 0.29) is 18.0 Å². The van der Waals surface area contributed by atoms with E-state index in [0.29, 0.717) is 0 Å². The first-order valence-electron chi connectivity index (χ1n) is 6.90. The highest BCUT2D eigenvalue weighted by Crippen LogP contribution is 2.19. The standard InChI is InChI=1S/C14H26O2/c1-12(2)14(15)16-13-10-8-6-4-3-5-7-9-11-13/h12-13H,3-11H2,1-2H3. The van der Waals surface area contributed by atoms with Gasteiger partial charge in [-0.15, -0.1) is 0 Å². The monoisotopic (exact) mass is 226 g/mol. The van der Waals surface area contributed by atoms with Crippen LogP contribution in [0.3, 0.4) is 0 Å². The van der Waals surface area contributed by atoms with Crippen LogP contribution in [0.15, 0.2) is 0 Å². The van der Waals surface area contributed by atoms with Crippen LogP contribution in [0.1, 0.15) is 71.6 Å². The summed E-state index contributed by atoms with van der Waals surface area (Å²) in [7, 11) is 0. The zero-order valence-corrected chi connectivity index (χ0v) is 10.8. The van der Waals surface area contributed by atoms with Crippen LogP contribution in [-0.2, 0) is 9.53 Å². The van der Waals surface area contributed by atoms with Gasteiger partial charge in [0.25, 0.3) is 0 Å². The summed E-state index contributed by atoms with van der Waals surface area (Å²) in [6.45, 7) is 3.81. The minimum absolute atomic E-state index is 0.00964. The fourth-order valence-electron chi connectivity index (χ4n) is 2.19. The predicted octanol–water partition coefficient (Wildman–Crippen LogP) is 4.08. The van der Waals surface area contributed by atoms with Crippen molar-refractivity contribution >= 4 is 5.97 Å². The third-order valence-corrected chi connectivity index (χ3v) is 3.31. The molecule has 0 aromatic carbocycles. The molecule has 2 nitrogen and oxygen atoms in total. The lowest BCUT2D eigenvalue weighted by Crippen LogP contribution is -2.22. The van der Waals surface area contributed by atoms with Gasteiger partial charge in [0.05, 0.1) is 5.92 Å². The van der Waals surface area contributed by atoms with Crippen molar-refractivity contribution in [2.24, 2.45) is 5.92 Å². The first-order chi connectivity index (χ1) is 7.70. The molecule has 0 spiro atoms. The number of hydrogen-bond acceptors (Lipinski definition) is 2. The number of esters is 1. The smallest absolute Gasteiger partial charge is 0.308 e. The van der Waals surface area contributed by atoms with Gasteiger partial charge in [-0.05, 0) is 25.7 Å². The van der Waals surface area contributed by atoms with Gasteiger partial charge in [0.15, 0.2) is 0 Å². The molecule has 1 aliphatic carbocycles. The molecule has 94 valence electrons. The SMILES string of the molecule is CC(C)C(=O)OC1CCCCCCCCC1. The van der Waals surface area contributed by atoms with E-state index in [9.17, 15) is 4.79 Å². The topological polar surface area (TPSA) is 26.3 Å². The molecule has 2 heteroatoms. The van der Waals surface area contributed by atoms with Gasteiger partial charge in [-0.25, -0.2) is 0 Å². The Morgan fingerprint density at radius 1 is 0.938 bits per heavy atom. The quantitative estimate of drug-likeness (QED) is 0.663. The van der Waals surface area contributed by atoms with Gasteiger partial charge in [-0.2, -0.15) is 0 Å². The third kappa shape index (κ3) is 5.53. The zero-order valence-electron chi connectivity index (χ0n) is 10.8. The van der Waals surface area contributed by atoms with Gasteiger partial charge >= 0.3 is 5.97 Å². The molecule has 1 rings (SSSR count). The molecule has 0 bridgehead atoms. The highest BCUT2D eigenvalue weighted by molar-refractivity contribution is 5.71. The molecule has 0 aliphatic heterocycles. The van der Waals surface area contributed by atoms with Crippen molar-refractivity contribution in [3.8, 4) is 0 Å². The van der Waals surface area contributed by atoms with E-state index in [1.807, 2.05) is 13.8 Å². The number of hydrogen-bond donors (Lipinski definition) is 0. The van der Waals surface area contributed by atoms with Gasteiger partial charge in [0.1, 0.15) is 6.10 Å². The van der Waals surface area contributed by atoms with Crippen molar-refractivity contribution in [3.63, 3.8) is 0 Å². The first-order valence-corrected chi connectivity index (χ1v) is 6.90. The molecule has 16 heavy (non-hydrogen) atoms. The van der Waals surface area contributed by atoms with Crippen molar-refractivity contribution in [1.82, 2.24) is 0 Å². The number of carbonyl (C=O) groups is 1. The normalized spacial score (nSPS) is 20.7. The van der Waals surface area contributed by atoms with E-state index in [4.69, 9.17) is 4.74 Å². The second-order valence-corrected chi connectivity index (χ2v) is 5.27. The van der Waals surface area contributed by atoms with Crippen molar-refractivity contribution in [1.29, 1.82) is 0 Å². The van der Waals surface area contributed by atoms with Crippen LogP contribution < -0.4 is 0 Å². The summed E-state index contributed by atoms with van der Waals surface area (Å²) in [5.74, 6) is -0.0162. The summed E-state index contributed by atoms with van der Waals surface area (Å²) in [6.07, 6.45) is 11.5. The van der Waals surface area contributed by atoms with Crippen LogP contribution in [-0.4, -0.2) is 12.1 Å². The Morgan fingerprint density at radius 3 is 1.81 bits per heavy atom. The van der Waals surface area contributed by atoms with Gasteiger partial charge < -0.3 is 4.74 Å². The highest BCUT2D eigenvalue weighted by atomic mass is 16.5. The molecule has 0 unspecified atom stereocenters. The summed E-state index contributed by atoms with van der Waals surface area (Å²) in [4.78, 5) is 11.5. The maximum atomic E-state index is 11.5. The predicted molar refractivity (Wildman–Crippen MR) is 66.3 cm³/mol. The molecule has 1 saturated carbocycles. The molecule has 0 atom stereocenters. The average Bonchev–Trinajstić information content (AvgIpc) is 2.27. The van der Waals surface area contributed by atoms with Crippen molar-refractivity contribution in [2.75, 3.05) is 0 Å². The molecule has 0 N–H and O–H groups in total. The van der Waals surface area contributed by atoms with Gasteiger partial charge in [-0.1, -0.05) is 46.0 Å². The van der Waals surface area contributed by atoms with Crippen LogP contribution in [0.4, 0.5) is 0 Å². The van der Waals surface area contributed by atoms with Gasteiger partial charge in [0.2, 0.25) is 0 Å². The Balaban J connectivity index is 2.32. The molecule has 0 aromatic heterocycles. The lowest BCUT2D eigenvalue weighted by Gasteiger charge is -2.20. The Hall–Kier alpha value is -0.530. The first kappa shape index (κ1) is 13.5. The highest BCUT2D eigenvalue weighted by Gasteiger charge is 2.16. The van der Waals surface area contributed by atoms with Crippen molar-refractivity contribution in [3.05, 3.63) is 0 Å². The zero-order chi connectivity index (χ0) is 11.8. The Morgan fingerprint density at radius 2 is 1.38 bits per heavy atom. The van der Waals surface area contributed by atoms with E-state index in [0.717, 1.165) is 12.8 Å². The third-order valence-electron chi connectivity index (χ3n) is 3.31. The van der Waals surface area contributed by atoms with E-state index in [2.05, 4.69) is 0 Å². The Kier molecular flexibility index (Phi) is 6.51. The Labute approximate surface area is 99.8 Å². The molecule has 0 amide bonds. The van der Waals surface area contributed by atoms with Gasteiger partial charge in [0, 0.05) is 0 Å². The Bertz CT molecular complexity index is 189. The van der Waals surface area contributed by atoms with Crippen LogP contribution in [0.25, 0.3) is 0 Å². The van der Waals surface area contributed by atoms with Crippen molar-refractivity contribution < 1.29 is 9.53 Å². The fraction of sp³-hybridized carbons (Fsp3) is 0.929. The lowest BCUT2D eigenvalue weighted by molar-refractivity contribution is -0.153. The maximum Gasteiger partial charge on any atom is 0.308 e. The molecule has 1 fully saturated rings. The summed E-state index contributed by atoms with van der Waals surface area (Å²) in [5, 5.41) is 0. The van der Waals surface area contributed by atoms with Crippen LogP contribution in [0.5, 0.6) is 0 Å². The van der Waals surface area contributed by atoms with Gasteiger partial charge in [-0.3, -0.25) is 4.79 Å². The van der Waals surface area contributed by atoms with E-state index < -0.39 is 0 Å². The molecular formula is C14H26O2. The molecular weight excluding hydrogens is 200 g/mol. The second-order valence-electron chi connectivity index (χ2n) is 5.27. The van der Waals surface area contributed by atoms with Crippen LogP contribution in [0.2, 0.25) is 0 Å². The fourth-order valence-corrected chi connectivity index (χ4v) is 2.19. The molecule has 0 saturated heterocycles. The molecule has 0 aromatic rings. The van der Waals surface area contributed by atoms with E-state index >= 15 is 0 Å². The van der Waals surface area contributed by atoms with Crippen molar-refractivity contribution in [2.45, 2.75) is 77.7 Å².